The molecule has 0 radical (unpaired) electrons. The minimum Gasteiger partial charge on any atom is -1.00 e. The van der Waals surface area contributed by atoms with Crippen molar-refractivity contribution in [3.05, 3.63) is 50.8 Å². The van der Waals surface area contributed by atoms with Crippen molar-refractivity contribution in [2.24, 2.45) is 0 Å². The van der Waals surface area contributed by atoms with Crippen molar-refractivity contribution in [3.8, 4) is 0 Å². The van der Waals surface area contributed by atoms with Crippen LogP contribution < -0.4 is 34.9 Å². The van der Waals surface area contributed by atoms with Crippen LogP contribution in [0.4, 0.5) is 15.8 Å². The van der Waals surface area contributed by atoms with E-state index < -0.39 is 11.8 Å². The largest absolute Gasteiger partial charge is 1.00 e. The van der Waals surface area contributed by atoms with Crippen molar-refractivity contribution in [3.63, 3.8) is 0 Å². The van der Waals surface area contributed by atoms with Crippen LogP contribution in [0.5, 0.6) is 0 Å². The molecule has 114 valence electrons. The maximum atomic E-state index is 14.0. The third-order valence-corrected chi connectivity index (χ3v) is 3.88. The normalized spacial score (nSPS) is 10.4. The Hall–Kier alpha value is -0.870. The summed E-state index contributed by atoms with van der Waals surface area (Å²) < 4.78 is 20.0. The second-order valence-corrected chi connectivity index (χ2v) is 6.01. The molecule has 0 aliphatic rings. The van der Waals surface area contributed by atoms with Gasteiger partial charge in [0.1, 0.15) is 16.5 Å². The molecule has 0 amide bonds. The van der Waals surface area contributed by atoms with Gasteiger partial charge in [-0.05, 0) is 40.8 Å². The van der Waals surface area contributed by atoms with Crippen LogP contribution >= 0.6 is 34.2 Å². The summed E-state index contributed by atoms with van der Waals surface area (Å²) in [5, 5.41) is 12.5. The molecule has 0 unspecified atom stereocenters. The van der Waals surface area contributed by atoms with Gasteiger partial charge in [-0.1, -0.05) is 11.6 Å². The molecular weight excluding hydrogens is 449 g/mol. The molecular formula is C14H8ClFIN2NaO3. The summed E-state index contributed by atoms with van der Waals surface area (Å²) in [6, 6.07) is 4.54. The second-order valence-electron chi connectivity index (χ2n) is 4.36. The number of anilines is 2. The fourth-order valence-corrected chi connectivity index (χ4v) is 2.63. The average Bonchev–Trinajstić information content (AvgIpc) is 2.82. The van der Waals surface area contributed by atoms with Crippen molar-refractivity contribution in [1.82, 2.24) is 4.98 Å². The van der Waals surface area contributed by atoms with Gasteiger partial charge in [0.05, 0.1) is 11.1 Å². The van der Waals surface area contributed by atoms with Crippen LogP contribution in [0.3, 0.4) is 0 Å². The maximum absolute atomic E-state index is 14.0. The summed E-state index contributed by atoms with van der Waals surface area (Å²) in [7, 11) is 0. The van der Waals surface area contributed by atoms with E-state index >= 15 is 0 Å². The van der Waals surface area contributed by atoms with Crippen LogP contribution in [-0.4, -0.2) is 16.1 Å². The van der Waals surface area contributed by atoms with Crippen LogP contribution in [0.15, 0.2) is 35.0 Å². The van der Waals surface area contributed by atoms with E-state index in [4.69, 9.17) is 16.0 Å². The number of furan rings is 1. The summed E-state index contributed by atoms with van der Waals surface area (Å²) >= 11 is 7.93. The average molecular weight is 457 g/mol. The number of hydrogen-bond acceptors (Lipinski definition) is 4. The van der Waals surface area contributed by atoms with Gasteiger partial charge in [0.2, 0.25) is 5.76 Å². The number of nitrogens with zero attached hydrogens (tertiary/aromatic N) is 1. The monoisotopic (exact) mass is 456 g/mol. The number of pyridine rings is 1. The molecule has 2 heterocycles. The molecule has 5 nitrogen and oxygen atoms in total. The number of aromatic nitrogens is 1. The van der Waals surface area contributed by atoms with Gasteiger partial charge in [-0.3, -0.25) is 4.98 Å². The molecule has 0 bridgehead atoms. The SMILES string of the molecule is O=C(O)c1oc2c(Cl)cncc2c1Nc1ccc(I)cc1F.[H-].[Na+]. The van der Waals surface area contributed by atoms with Crippen molar-refractivity contribution in [1.29, 1.82) is 0 Å². The number of hydrogen-bond donors (Lipinski definition) is 2. The molecule has 0 saturated carbocycles. The van der Waals surface area contributed by atoms with Crippen molar-refractivity contribution in [2.75, 3.05) is 5.32 Å². The molecule has 9 heteroatoms. The molecule has 3 rings (SSSR count). The van der Waals surface area contributed by atoms with Crippen molar-refractivity contribution < 1.29 is 49.7 Å². The zero-order valence-corrected chi connectivity index (χ0v) is 16.6. The second kappa shape index (κ2) is 7.35. The van der Waals surface area contributed by atoms with E-state index in [1.165, 1.54) is 24.5 Å². The molecule has 0 aliphatic heterocycles. The van der Waals surface area contributed by atoms with Gasteiger partial charge >= 0.3 is 35.5 Å². The summed E-state index contributed by atoms with van der Waals surface area (Å²) in [6.45, 7) is 0. The fraction of sp³-hybridized carbons (Fsp3) is 0. The first-order valence-electron chi connectivity index (χ1n) is 5.98. The molecule has 2 aromatic heterocycles. The van der Waals surface area contributed by atoms with Crippen LogP contribution in [0.2, 0.25) is 5.02 Å². The van der Waals surface area contributed by atoms with Crippen LogP contribution in [-0.2, 0) is 0 Å². The standard InChI is InChI=1S/C14H7ClFIN2O3.Na.H/c15-8-5-18-4-7-11(13(14(20)21)22-12(7)8)19-10-2-1-6(17)3-9(10)16;;/h1-5,19H,(H,20,21);;/q;+1;-1. The predicted octanol–water partition coefficient (Wildman–Crippen LogP) is 1.78. The molecule has 0 saturated heterocycles. The number of carboxylic acid groups (broad SMARTS) is 1. The van der Waals surface area contributed by atoms with Gasteiger partial charge in [0.15, 0.2) is 5.58 Å². The molecule has 2 N–H and O–H groups in total. The molecule has 0 fully saturated rings. The summed E-state index contributed by atoms with van der Waals surface area (Å²) in [4.78, 5) is 15.2. The van der Waals surface area contributed by atoms with Gasteiger partial charge in [0.25, 0.3) is 0 Å². The number of carboxylic acids is 1. The van der Waals surface area contributed by atoms with Gasteiger partial charge in [-0.25, -0.2) is 9.18 Å². The predicted molar refractivity (Wildman–Crippen MR) is 89.5 cm³/mol. The van der Waals surface area contributed by atoms with E-state index in [9.17, 15) is 14.3 Å². The van der Waals surface area contributed by atoms with E-state index in [0.717, 1.165) is 3.57 Å². The number of halogens is 3. The quantitative estimate of drug-likeness (QED) is 0.464. The zero-order chi connectivity index (χ0) is 15.9. The topological polar surface area (TPSA) is 75.4 Å². The van der Waals surface area contributed by atoms with Gasteiger partial charge in [-0.2, -0.15) is 0 Å². The Labute approximate surface area is 172 Å². The van der Waals surface area contributed by atoms with E-state index in [1.54, 1.807) is 6.07 Å². The zero-order valence-electron chi connectivity index (χ0n) is 12.7. The first-order valence-corrected chi connectivity index (χ1v) is 7.44. The number of benzene rings is 1. The fourth-order valence-electron chi connectivity index (χ4n) is 1.98. The molecule has 0 aliphatic carbocycles. The van der Waals surface area contributed by atoms with E-state index in [0.29, 0.717) is 5.39 Å². The minimum atomic E-state index is -1.29. The third-order valence-electron chi connectivity index (χ3n) is 2.94. The minimum absolute atomic E-state index is 0. The Balaban J connectivity index is 0.00000144. The van der Waals surface area contributed by atoms with Gasteiger partial charge in [0, 0.05) is 16.0 Å². The number of rotatable bonds is 3. The van der Waals surface area contributed by atoms with E-state index in [1.807, 2.05) is 22.6 Å². The number of carbonyl (C=O) groups is 1. The van der Waals surface area contributed by atoms with Crippen LogP contribution in [0.1, 0.15) is 12.0 Å². The number of nitrogens with one attached hydrogen (secondary N) is 1. The van der Waals surface area contributed by atoms with Crippen LogP contribution in [0, 0.1) is 9.39 Å². The van der Waals surface area contributed by atoms with Gasteiger partial charge in [-0.15, -0.1) is 0 Å². The first-order chi connectivity index (χ1) is 10.5. The summed E-state index contributed by atoms with van der Waals surface area (Å²) in [6.07, 6.45) is 2.75. The van der Waals surface area contributed by atoms with E-state index in [-0.39, 0.29) is 58.7 Å². The van der Waals surface area contributed by atoms with E-state index in [2.05, 4.69) is 10.3 Å². The van der Waals surface area contributed by atoms with Crippen molar-refractivity contribution >= 4 is 62.5 Å². The van der Waals surface area contributed by atoms with Crippen molar-refractivity contribution in [2.45, 2.75) is 0 Å². The summed E-state index contributed by atoms with van der Waals surface area (Å²) in [5.74, 6) is -2.16. The molecule has 23 heavy (non-hydrogen) atoms. The molecule has 3 aromatic rings. The van der Waals surface area contributed by atoms with Gasteiger partial charge < -0.3 is 16.3 Å². The Kier molecular flexibility index (Phi) is 5.90. The first kappa shape index (κ1) is 18.5. The summed E-state index contributed by atoms with van der Waals surface area (Å²) in [5.41, 5.74) is 0.422. The van der Waals surface area contributed by atoms with Crippen LogP contribution in [0.25, 0.3) is 11.0 Å². The Morgan fingerprint density at radius 1 is 1.43 bits per heavy atom. The maximum Gasteiger partial charge on any atom is 1.00 e. The smallest absolute Gasteiger partial charge is 1.00 e. The molecule has 1 aromatic carbocycles. The Bertz CT molecular complexity index is 909. The third kappa shape index (κ3) is 3.63. The Morgan fingerprint density at radius 3 is 2.83 bits per heavy atom. The molecule has 0 atom stereocenters. The Morgan fingerprint density at radius 2 is 2.17 bits per heavy atom. The number of fused-ring (bicyclic) bond motifs is 1. The molecule has 0 spiro atoms. The number of aromatic carboxylic acids is 1.